The summed E-state index contributed by atoms with van der Waals surface area (Å²) in [7, 11) is 2.01. The molecule has 4 heteroatoms. The van der Waals surface area contributed by atoms with Crippen molar-refractivity contribution in [1.82, 2.24) is 14.3 Å². The molecule has 1 aliphatic heterocycles. The van der Waals surface area contributed by atoms with Gasteiger partial charge in [-0.3, -0.25) is 4.68 Å². The molecule has 0 aliphatic carbocycles. The van der Waals surface area contributed by atoms with Crippen molar-refractivity contribution in [3.05, 3.63) is 30.1 Å². The van der Waals surface area contributed by atoms with E-state index < -0.39 is 0 Å². The Balaban J connectivity index is 1.91. The van der Waals surface area contributed by atoms with Gasteiger partial charge in [0, 0.05) is 54.7 Å². The molecule has 0 atom stereocenters. The van der Waals surface area contributed by atoms with Crippen LogP contribution in [-0.4, -0.2) is 27.6 Å². The Bertz CT molecular complexity index is 809. The zero-order valence-corrected chi connectivity index (χ0v) is 13.4. The molecule has 4 rings (SSSR count). The summed E-state index contributed by atoms with van der Waals surface area (Å²) in [5.41, 5.74) is 4.05. The van der Waals surface area contributed by atoms with Gasteiger partial charge >= 0.3 is 0 Å². The van der Waals surface area contributed by atoms with Crippen molar-refractivity contribution in [2.75, 3.05) is 13.2 Å². The first kappa shape index (κ1) is 13.8. The van der Waals surface area contributed by atoms with Crippen molar-refractivity contribution in [1.29, 1.82) is 0 Å². The third-order valence-corrected chi connectivity index (χ3v) is 4.89. The third-order valence-electron chi connectivity index (χ3n) is 4.89. The standard InChI is InChI=1S/C18H23N3O/c1-3-6-21-17(13-4-7-22-8-5-13)10-14-9-16-15(11-18(14)21)12-19-20(16)2/h9-13H,3-8H2,1-2H3. The van der Waals surface area contributed by atoms with E-state index in [1.54, 1.807) is 0 Å². The van der Waals surface area contributed by atoms with Gasteiger partial charge in [0.1, 0.15) is 0 Å². The number of hydrogen-bond acceptors (Lipinski definition) is 2. The number of hydrogen-bond donors (Lipinski definition) is 0. The lowest BCUT2D eigenvalue weighted by atomic mass is 9.96. The van der Waals surface area contributed by atoms with Crippen LogP contribution in [0.1, 0.15) is 37.8 Å². The molecule has 1 aromatic carbocycles. The lowest BCUT2D eigenvalue weighted by Gasteiger charge is -2.24. The molecule has 3 aromatic rings. The van der Waals surface area contributed by atoms with Crippen molar-refractivity contribution in [3.63, 3.8) is 0 Å². The summed E-state index contributed by atoms with van der Waals surface area (Å²) in [6.07, 6.45) is 5.40. The molecule has 3 heterocycles. The van der Waals surface area contributed by atoms with E-state index in [0.717, 1.165) is 39.0 Å². The summed E-state index contributed by atoms with van der Waals surface area (Å²) < 4.78 is 10.0. The molecule has 0 unspecified atom stereocenters. The van der Waals surface area contributed by atoms with Gasteiger partial charge in [-0.05, 0) is 37.5 Å². The number of fused-ring (bicyclic) bond motifs is 2. The molecule has 1 fully saturated rings. The molecule has 22 heavy (non-hydrogen) atoms. The molecular weight excluding hydrogens is 274 g/mol. The van der Waals surface area contributed by atoms with Crippen LogP contribution in [0.5, 0.6) is 0 Å². The van der Waals surface area contributed by atoms with E-state index in [1.165, 1.54) is 27.5 Å². The van der Waals surface area contributed by atoms with E-state index in [2.05, 4.69) is 34.8 Å². The molecule has 0 spiro atoms. The highest BCUT2D eigenvalue weighted by molar-refractivity contribution is 5.96. The molecule has 0 saturated carbocycles. The highest BCUT2D eigenvalue weighted by atomic mass is 16.5. The first-order valence-corrected chi connectivity index (χ1v) is 8.30. The van der Waals surface area contributed by atoms with Crippen molar-refractivity contribution in [2.45, 2.75) is 38.6 Å². The average Bonchev–Trinajstić information content (AvgIpc) is 3.08. The second-order valence-corrected chi connectivity index (χ2v) is 6.35. The minimum Gasteiger partial charge on any atom is -0.381 e. The Morgan fingerprint density at radius 1 is 1.14 bits per heavy atom. The molecule has 0 bridgehead atoms. The number of aromatic nitrogens is 3. The monoisotopic (exact) mass is 297 g/mol. The van der Waals surface area contributed by atoms with Crippen molar-refractivity contribution < 1.29 is 4.74 Å². The van der Waals surface area contributed by atoms with Gasteiger partial charge in [0.05, 0.1) is 11.7 Å². The van der Waals surface area contributed by atoms with Gasteiger partial charge in [-0.15, -0.1) is 0 Å². The van der Waals surface area contributed by atoms with E-state index in [-0.39, 0.29) is 0 Å². The zero-order chi connectivity index (χ0) is 15.1. The Morgan fingerprint density at radius 2 is 1.91 bits per heavy atom. The van der Waals surface area contributed by atoms with Crippen LogP contribution in [0.4, 0.5) is 0 Å². The van der Waals surface area contributed by atoms with Gasteiger partial charge in [-0.2, -0.15) is 5.10 Å². The van der Waals surface area contributed by atoms with Crippen LogP contribution >= 0.6 is 0 Å². The summed E-state index contributed by atoms with van der Waals surface area (Å²) in [4.78, 5) is 0. The molecular formula is C18H23N3O. The van der Waals surface area contributed by atoms with Gasteiger partial charge in [-0.1, -0.05) is 6.92 Å². The average molecular weight is 297 g/mol. The van der Waals surface area contributed by atoms with E-state index in [1.807, 2.05) is 17.9 Å². The SMILES string of the molecule is CCCn1c(C2CCOCC2)cc2cc3c(cnn3C)cc21. The summed E-state index contributed by atoms with van der Waals surface area (Å²) in [6.45, 7) is 5.12. The first-order valence-electron chi connectivity index (χ1n) is 8.30. The zero-order valence-electron chi connectivity index (χ0n) is 13.4. The van der Waals surface area contributed by atoms with Gasteiger partial charge in [0.25, 0.3) is 0 Å². The van der Waals surface area contributed by atoms with Crippen molar-refractivity contribution in [2.24, 2.45) is 7.05 Å². The number of nitrogens with zero attached hydrogens (tertiary/aromatic N) is 3. The van der Waals surface area contributed by atoms with Crippen LogP contribution < -0.4 is 0 Å². The maximum absolute atomic E-state index is 5.54. The maximum Gasteiger partial charge on any atom is 0.0686 e. The van der Waals surface area contributed by atoms with Gasteiger partial charge in [0.2, 0.25) is 0 Å². The summed E-state index contributed by atoms with van der Waals surface area (Å²) in [5, 5.41) is 6.94. The van der Waals surface area contributed by atoms with E-state index >= 15 is 0 Å². The van der Waals surface area contributed by atoms with Crippen LogP contribution in [-0.2, 0) is 18.3 Å². The van der Waals surface area contributed by atoms with Gasteiger partial charge in [-0.25, -0.2) is 0 Å². The van der Waals surface area contributed by atoms with Crippen molar-refractivity contribution in [3.8, 4) is 0 Å². The largest absolute Gasteiger partial charge is 0.381 e. The Kier molecular flexibility index (Phi) is 3.41. The van der Waals surface area contributed by atoms with E-state index in [4.69, 9.17) is 4.74 Å². The second kappa shape index (κ2) is 5.43. The fraction of sp³-hybridized carbons (Fsp3) is 0.500. The van der Waals surface area contributed by atoms with Gasteiger partial charge in [0.15, 0.2) is 0 Å². The van der Waals surface area contributed by atoms with Crippen LogP contribution in [0.2, 0.25) is 0 Å². The summed E-state index contributed by atoms with van der Waals surface area (Å²) in [5.74, 6) is 0.633. The predicted molar refractivity (Wildman–Crippen MR) is 89.3 cm³/mol. The Labute approximate surface area is 130 Å². The highest BCUT2D eigenvalue weighted by Gasteiger charge is 2.21. The molecule has 4 nitrogen and oxygen atoms in total. The summed E-state index contributed by atoms with van der Waals surface area (Å²) >= 11 is 0. The Hall–Kier alpha value is -1.81. The lowest BCUT2D eigenvalue weighted by molar-refractivity contribution is 0.0838. The van der Waals surface area contributed by atoms with Crippen LogP contribution in [0, 0.1) is 0 Å². The molecule has 1 aliphatic rings. The summed E-state index contributed by atoms with van der Waals surface area (Å²) in [6, 6.07) is 6.98. The minimum absolute atomic E-state index is 0.633. The molecule has 0 amide bonds. The maximum atomic E-state index is 5.54. The first-order chi connectivity index (χ1) is 10.8. The molecule has 0 radical (unpaired) electrons. The number of ether oxygens (including phenoxy) is 1. The van der Waals surface area contributed by atoms with Crippen molar-refractivity contribution >= 4 is 21.8 Å². The normalized spacial score (nSPS) is 16.8. The fourth-order valence-corrected chi connectivity index (χ4v) is 3.73. The Morgan fingerprint density at radius 3 is 2.68 bits per heavy atom. The lowest BCUT2D eigenvalue weighted by Crippen LogP contribution is -2.17. The number of rotatable bonds is 3. The van der Waals surface area contributed by atoms with Crippen LogP contribution in [0.15, 0.2) is 24.4 Å². The quantitative estimate of drug-likeness (QED) is 0.736. The number of aryl methyl sites for hydroxylation is 2. The van der Waals surface area contributed by atoms with Crippen LogP contribution in [0.25, 0.3) is 21.8 Å². The number of benzene rings is 1. The molecule has 0 N–H and O–H groups in total. The highest BCUT2D eigenvalue weighted by Crippen LogP contribution is 2.33. The van der Waals surface area contributed by atoms with E-state index in [0.29, 0.717) is 5.92 Å². The minimum atomic E-state index is 0.633. The third kappa shape index (κ3) is 2.13. The second-order valence-electron chi connectivity index (χ2n) is 6.35. The fourth-order valence-electron chi connectivity index (χ4n) is 3.73. The topological polar surface area (TPSA) is 32.0 Å². The van der Waals surface area contributed by atoms with Gasteiger partial charge < -0.3 is 9.30 Å². The molecule has 1 saturated heterocycles. The predicted octanol–water partition coefficient (Wildman–Crippen LogP) is 3.83. The molecule has 2 aromatic heterocycles. The molecule has 116 valence electrons. The van der Waals surface area contributed by atoms with E-state index in [9.17, 15) is 0 Å². The van der Waals surface area contributed by atoms with Crippen LogP contribution in [0.3, 0.4) is 0 Å². The smallest absolute Gasteiger partial charge is 0.0686 e.